The highest BCUT2D eigenvalue weighted by atomic mass is 16.2. The minimum absolute atomic E-state index is 0.0637. The molecule has 2 aliphatic rings. The van der Waals surface area contributed by atoms with Gasteiger partial charge < -0.3 is 21.3 Å². The maximum Gasteiger partial charge on any atom is 0.267 e. The Bertz CT molecular complexity index is 913. The lowest BCUT2D eigenvalue weighted by atomic mass is 9.75. The van der Waals surface area contributed by atoms with E-state index in [4.69, 9.17) is 11.1 Å². The summed E-state index contributed by atoms with van der Waals surface area (Å²) in [6.07, 6.45) is 7.12. The molecule has 2 unspecified atom stereocenters. The van der Waals surface area contributed by atoms with Crippen LogP contribution < -0.4 is 16.4 Å². The monoisotopic (exact) mass is 442 g/mol. The number of carbonyl (C=O) groups is 3. The van der Waals surface area contributed by atoms with Gasteiger partial charge in [-0.15, -0.1) is 0 Å². The number of rotatable bonds is 7. The Hall–Kier alpha value is -2.97. The summed E-state index contributed by atoms with van der Waals surface area (Å²) in [5, 5.41) is 14.1. The number of nitrogens with one attached hydrogen (secondary N) is 3. The average molecular weight is 443 g/mol. The van der Waals surface area contributed by atoms with Crippen LogP contribution in [0.5, 0.6) is 0 Å². The summed E-state index contributed by atoms with van der Waals surface area (Å²) in [5.74, 6) is -1.13. The molecule has 174 valence electrons. The lowest BCUT2D eigenvalue weighted by Gasteiger charge is -2.36. The number of carbonyl (C=O) groups excluding carboxylic acids is 3. The van der Waals surface area contributed by atoms with Crippen molar-refractivity contribution in [2.45, 2.75) is 71.4 Å². The number of aromatic nitrogens is 1. The molecule has 1 aromatic heterocycles. The minimum Gasteiger partial charge on any atom is -0.374 e. The smallest absolute Gasteiger partial charge is 0.267 e. The van der Waals surface area contributed by atoms with Gasteiger partial charge >= 0.3 is 0 Å². The predicted octanol–water partition coefficient (Wildman–Crippen LogP) is 1.73. The van der Waals surface area contributed by atoms with Gasteiger partial charge in [-0.25, -0.2) is 0 Å². The van der Waals surface area contributed by atoms with Crippen LogP contribution in [0.25, 0.3) is 0 Å². The van der Waals surface area contributed by atoms with Crippen LogP contribution in [0, 0.1) is 17.7 Å². The minimum atomic E-state index is -0.854. The molecule has 9 heteroatoms. The lowest BCUT2D eigenvalue weighted by molar-refractivity contribution is -0.137. The van der Waals surface area contributed by atoms with E-state index in [-0.39, 0.29) is 35.5 Å². The van der Waals surface area contributed by atoms with E-state index in [9.17, 15) is 14.4 Å². The van der Waals surface area contributed by atoms with Crippen LogP contribution in [0.4, 0.5) is 5.69 Å². The van der Waals surface area contributed by atoms with Crippen LogP contribution in [-0.4, -0.2) is 58.5 Å². The number of primary amides is 1. The van der Waals surface area contributed by atoms with Crippen molar-refractivity contribution < 1.29 is 14.4 Å². The Labute approximate surface area is 189 Å². The summed E-state index contributed by atoms with van der Waals surface area (Å²) in [6, 6.07) is 1.21. The summed E-state index contributed by atoms with van der Waals surface area (Å²) in [4.78, 5) is 43.2. The number of anilines is 1. The van der Waals surface area contributed by atoms with Gasteiger partial charge in [0.25, 0.3) is 5.91 Å². The highest BCUT2D eigenvalue weighted by Crippen LogP contribution is 2.35. The molecule has 1 saturated heterocycles. The summed E-state index contributed by atoms with van der Waals surface area (Å²) < 4.78 is 0. The van der Waals surface area contributed by atoms with Crippen LogP contribution in [0.1, 0.15) is 63.6 Å². The Morgan fingerprint density at radius 2 is 2.03 bits per heavy atom. The number of hydrogen-bond donors (Lipinski definition) is 4. The fourth-order valence-corrected chi connectivity index (χ4v) is 4.85. The van der Waals surface area contributed by atoms with Crippen molar-refractivity contribution >= 4 is 29.1 Å². The molecule has 2 fully saturated rings. The normalized spacial score (nSPS) is 22.3. The summed E-state index contributed by atoms with van der Waals surface area (Å²) in [7, 11) is 0. The second-order valence-corrected chi connectivity index (χ2v) is 9.62. The van der Waals surface area contributed by atoms with E-state index in [0.29, 0.717) is 29.9 Å². The predicted molar refractivity (Wildman–Crippen MR) is 122 cm³/mol. The molecule has 1 aliphatic heterocycles. The van der Waals surface area contributed by atoms with Crippen LogP contribution in [0.15, 0.2) is 12.3 Å². The zero-order valence-corrected chi connectivity index (χ0v) is 19.2. The second kappa shape index (κ2) is 9.67. The summed E-state index contributed by atoms with van der Waals surface area (Å²) in [6.45, 7) is 6.66. The fraction of sp³-hybridized carbons (Fsp3) is 0.609. The number of nitrogens with two attached hydrogens (primary N) is 1. The largest absolute Gasteiger partial charge is 0.374 e. The number of aryl methyl sites for hydroxylation is 1. The molecule has 3 amide bonds. The molecule has 0 bridgehead atoms. The first-order chi connectivity index (χ1) is 15.1. The fourth-order valence-electron chi connectivity index (χ4n) is 4.85. The van der Waals surface area contributed by atoms with E-state index in [1.165, 1.54) is 18.7 Å². The molecular weight excluding hydrogens is 408 g/mol. The first kappa shape index (κ1) is 23.7. The average Bonchev–Trinajstić information content (AvgIpc) is 3.21. The van der Waals surface area contributed by atoms with Gasteiger partial charge in [0.05, 0.1) is 17.9 Å². The third kappa shape index (κ3) is 5.44. The molecule has 9 nitrogen and oxygen atoms in total. The van der Waals surface area contributed by atoms with Gasteiger partial charge in [0.2, 0.25) is 11.8 Å². The van der Waals surface area contributed by atoms with E-state index in [1.807, 2.05) is 0 Å². The molecule has 0 spiro atoms. The summed E-state index contributed by atoms with van der Waals surface area (Å²) in [5.41, 5.74) is 6.41. The Balaban J connectivity index is 1.64. The molecule has 2 heterocycles. The SMILES string of the molecule is Cc1nccc(C(=N)C(N)=O)c1NCC(=O)N1CCCC1C(=O)NC1CCCC(C)(C)C1. The second-order valence-electron chi connectivity index (χ2n) is 9.62. The number of pyridine rings is 1. The highest BCUT2D eigenvalue weighted by Gasteiger charge is 2.36. The number of likely N-dealkylation sites (tertiary alicyclic amines) is 1. The van der Waals surface area contributed by atoms with Crippen LogP contribution in [-0.2, 0) is 14.4 Å². The van der Waals surface area contributed by atoms with E-state index in [2.05, 4.69) is 29.5 Å². The standard InChI is InChI=1S/C23H34N6O3/c1-14-20(16(8-10-26-14)19(24)21(25)31)27-13-18(30)29-11-5-7-17(29)22(32)28-15-6-4-9-23(2,3)12-15/h8,10,15,17,24,27H,4-7,9,11-13H2,1-3H3,(H2,25,31)(H,28,32). The van der Waals surface area contributed by atoms with E-state index >= 15 is 0 Å². The first-order valence-electron chi connectivity index (χ1n) is 11.3. The first-order valence-corrected chi connectivity index (χ1v) is 11.3. The third-order valence-corrected chi connectivity index (χ3v) is 6.50. The van der Waals surface area contributed by atoms with Gasteiger partial charge in [-0.3, -0.25) is 24.8 Å². The van der Waals surface area contributed by atoms with Crippen molar-refractivity contribution in [3.63, 3.8) is 0 Å². The van der Waals surface area contributed by atoms with E-state index < -0.39 is 11.9 Å². The van der Waals surface area contributed by atoms with E-state index in [1.54, 1.807) is 11.8 Å². The molecule has 0 radical (unpaired) electrons. The van der Waals surface area contributed by atoms with Gasteiger partial charge in [0.1, 0.15) is 11.8 Å². The van der Waals surface area contributed by atoms with Crippen molar-refractivity contribution in [2.75, 3.05) is 18.4 Å². The van der Waals surface area contributed by atoms with Crippen LogP contribution >= 0.6 is 0 Å². The Morgan fingerprint density at radius 1 is 1.28 bits per heavy atom. The molecule has 1 saturated carbocycles. The van der Waals surface area contributed by atoms with Gasteiger partial charge in [-0.2, -0.15) is 0 Å². The zero-order valence-electron chi connectivity index (χ0n) is 19.2. The van der Waals surface area contributed by atoms with Gasteiger partial charge in [-0.05, 0) is 50.5 Å². The van der Waals surface area contributed by atoms with E-state index in [0.717, 1.165) is 25.7 Å². The van der Waals surface area contributed by atoms with Gasteiger partial charge in [0.15, 0.2) is 0 Å². The Kier molecular flexibility index (Phi) is 7.16. The van der Waals surface area contributed by atoms with Gasteiger partial charge in [-0.1, -0.05) is 20.3 Å². The molecular formula is C23H34N6O3. The third-order valence-electron chi connectivity index (χ3n) is 6.50. The quantitative estimate of drug-likeness (QED) is 0.476. The maximum absolute atomic E-state index is 13.0. The highest BCUT2D eigenvalue weighted by molar-refractivity contribution is 6.44. The van der Waals surface area contributed by atoms with Crippen LogP contribution in [0.3, 0.4) is 0 Å². The summed E-state index contributed by atoms with van der Waals surface area (Å²) >= 11 is 0. The molecule has 32 heavy (non-hydrogen) atoms. The molecule has 3 rings (SSSR count). The number of nitrogens with zero attached hydrogens (tertiary/aromatic N) is 2. The van der Waals surface area contributed by atoms with Crippen molar-refractivity contribution in [3.8, 4) is 0 Å². The van der Waals surface area contributed by atoms with Crippen molar-refractivity contribution in [1.29, 1.82) is 5.41 Å². The van der Waals surface area contributed by atoms with Crippen molar-refractivity contribution in [2.24, 2.45) is 11.1 Å². The van der Waals surface area contributed by atoms with Gasteiger partial charge in [0, 0.05) is 24.3 Å². The molecule has 0 aromatic carbocycles. The van der Waals surface area contributed by atoms with Crippen molar-refractivity contribution in [3.05, 3.63) is 23.5 Å². The molecule has 1 aliphatic carbocycles. The number of amides is 3. The molecule has 5 N–H and O–H groups in total. The Morgan fingerprint density at radius 3 is 2.72 bits per heavy atom. The lowest BCUT2D eigenvalue weighted by Crippen LogP contribution is -2.51. The topological polar surface area (TPSA) is 141 Å². The zero-order chi connectivity index (χ0) is 23.5. The van der Waals surface area contributed by atoms with Crippen molar-refractivity contribution in [1.82, 2.24) is 15.2 Å². The maximum atomic E-state index is 13.0. The molecule has 1 aromatic rings. The number of hydrogen-bond acceptors (Lipinski definition) is 6. The molecule has 2 atom stereocenters. The van der Waals surface area contributed by atoms with Crippen LogP contribution in [0.2, 0.25) is 0 Å².